The number of nitrogens with zero attached hydrogens (tertiary/aromatic N) is 3. The molecule has 1 saturated carbocycles. The number of para-hydroxylation sites is 1. The Morgan fingerprint density at radius 3 is 2.52 bits per heavy atom. The summed E-state index contributed by atoms with van der Waals surface area (Å²) in [4.78, 5) is 24.9. The van der Waals surface area contributed by atoms with Crippen LogP contribution in [0, 0.1) is 0 Å². The summed E-state index contributed by atoms with van der Waals surface area (Å²) in [5.41, 5.74) is 1.42. The molecule has 150 valence electrons. The summed E-state index contributed by atoms with van der Waals surface area (Å²) in [6, 6.07) is 16.6. The van der Waals surface area contributed by atoms with Crippen molar-refractivity contribution in [2.75, 3.05) is 19.0 Å². The topological polar surface area (TPSA) is 90.2 Å². The SMILES string of the molecule is COc1ccc(-c2nn(CCNC(=O)Nc3ccccc3)c(=O)n2C2CC2)cc1. The van der Waals surface area contributed by atoms with E-state index in [1.807, 2.05) is 54.6 Å². The molecule has 0 unspecified atom stereocenters. The molecular formula is C21H23N5O3. The molecule has 2 aromatic carbocycles. The van der Waals surface area contributed by atoms with E-state index in [0.29, 0.717) is 24.6 Å². The third-order valence-corrected chi connectivity index (χ3v) is 4.77. The zero-order valence-electron chi connectivity index (χ0n) is 16.2. The van der Waals surface area contributed by atoms with Crippen LogP contribution in [0.1, 0.15) is 18.9 Å². The molecule has 1 fully saturated rings. The van der Waals surface area contributed by atoms with E-state index in [-0.39, 0.29) is 17.8 Å². The number of amides is 2. The Bertz CT molecular complexity index is 1040. The van der Waals surface area contributed by atoms with E-state index >= 15 is 0 Å². The van der Waals surface area contributed by atoms with Gasteiger partial charge < -0.3 is 15.4 Å². The van der Waals surface area contributed by atoms with Crippen molar-refractivity contribution in [3.8, 4) is 17.1 Å². The van der Waals surface area contributed by atoms with E-state index in [1.54, 1.807) is 11.7 Å². The van der Waals surface area contributed by atoms with E-state index in [0.717, 1.165) is 24.2 Å². The van der Waals surface area contributed by atoms with Gasteiger partial charge in [-0.25, -0.2) is 14.3 Å². The molecule has 0 bridgehead atoms. The van der Waals surface area contributed by atoms with Gasteiger partial charge in [0.2, 0.25) is 0 Å². The van der Waals surface area contributed by atoms with Gasteiger partial charge in [-0.2, -0.15) is 0 Å². The number of hydrogen-bond acceptors (Lipinski definition) is 4. The van der Waals surface area contributed by atoms with Gasteiger partial charge in [0.05, 0.1) is 13.7 Å². The van der Waals surface area contributed by atoms with Gasteiger partial charge in [0.15, 0.2) is 5.82 Å². The highest BCUT2D eigenvalue weighted by Gasteiger charge is 2.30. The van der Waals surface area contributed by atoms with Gasteiger partial charge in [-0.1, -0.05) is 18.2 Å². The van der Waals surface area contributed by atoms with Crippen LogP contribution in [0.15, 0.2) is 59.4 Å². The van der Waals surface area contributed by atoms with E-state index < -0.39 is 0 Å². The maximum Gasteiger partial charge on any atom is 0.346 e. The molecule has 1 aromatic heterocycles. The Hall–Kier alpha value is -3.55. The lowest BCUT2D eigenvalue weighted by Gasteiger charge is -2.07. The minimum atomic E-state index is -0.318. The van der Waals surface area contributed by atoms with E-state index in [1.165, 1.54) is 4.68 Å². The Balaban J connectivity index is 1.45. The summed E-state index contributed by atoms with van der Waals surface area (Å²) in [7, 11) is 1.62. The molecule has 1 aliphatic rings. The Labute approximate surface area is 168 Å². The van der Waals surface area contributed by atoms with Crippen LogP contribution in [0.2, 0.25) is 0 Å². The average molecular weight is 393 g/mol. The van der Waals surface area contributed by atoms with Crippen molar-refractivity contribution in [1.29, 1.82) is 0 Å². The fourth-order valence-electron chi connectivity index (χ4n) is 3.14. The predicted molar refractivity (Wildman–Crippen MR) is 110 cm³/mol. The van der Waals surface area contributed by atoms with Crippen molar-refractivity contribution in [1.82, 2.24) is 19.7 Å². The zero-order chi connectivity index (χ0) is 20.2. The lowest BCUT2D eigenvalue weighted by molar-refractivity contribution is 0.251. The maximum atomic E-state index is 12.8. The molecular weight excluding hydrogens is 370 g/mol. The van der Waals surface area contributed by atoms with Crippen LogP contribution in [0.5, 0.6) is 5.75 Å². The van der Waals surface area contributed by atoms with Gasteiger partial charge in [-0.05, 0) is 49.2 Å². The lowest BCUT2D eigenvalue weighted by atomic mass is 10.2. The first kappa shape index (κ1) is 18.8. The summed E-state index contributed by atoms with van der Waals surface area (Å²) in [6.07, 6.45) is 1.96. The largest absolute Gasteiger partial charge is 0.497 e. The third kappa shape index (κ3) is 4.31. The number of urea groups is 1. The summed E-state index contributed by atoms with van der Waals surface area (Å²) in [5, 5.41) is 10.0. The predicted octanol–water partition coefficient (Wildman–Crippen LogP) is 2.88. The first-order valence-electron chi connectivity index (χ1n) is 9.59. The molecule has 0 aliphatic heterocycles. The van der Waals surface area contributed by atoms with Crippen molar-refractivity contribution in [2.45, 2.75) is 25.4 Å². The highest BCUT2D eigenvalue weighted by Crippen LogP contribution is 2.36. The van der Waals surface area contributed by atoms with Gasteiger partial charge >= 0.3 is 11.7 Å². The first-order valence-corrected chi connectivity index (χ1v) is 9.59. The third-order valence-electron chi connectivity index (χ3n) is 4.77. The first-order chi connectivity index (χ1) is 14.2. The molecule has 8 nitrogen and oxygen atoms in total. The second kappa shape index (κ2) is 8.22. The fourth-order valence-corrected chi connectivity index (χ4v) is 3.14. The Morgan fingerprint density at radius 2 is 1.86 bits per heavy atom. The summed E-state index contributed by atoms with van der Waals surface area (Å²) in [6.45, 7) is 0.590. The van der Waals surface area contributed by atoms with Crippen LogP contribution in [0.3, 0.4) is 0 Å². The second-order valence-corrected chi connectivity index (χ2v) is 6.91. The van der Waals surface area contributed by atoms with Crippen LogP contribution in [0.4, 0.5) is 10.5 Å². The second-order valence-electron chi connectivity index (χ2n) is 6.91. The van der Waals surface area contributed by atoms with Crippen molar-refractivity contribution < 1.29 is 9.53 Å². The number of carbonyl (C=O) groups is 1. The molecule has 0 spiro atoms. The molecule has 0 atom stereocenters. The molecule has 4 rings (SSSR count). The number of rotatable bonds is 7. The number of hydrogen-bond donors (Lipinski definition) is 2. The van der Waals surface area contributed by atoms with Gasteiger partial charge in [-0.15, -0.1) is 5.10 Å². The molecule has 3 aromatic rings. The molecule has 1 aliphatic carbocycles. The lowest BCUT2D eigenvalue weighted by Crippen LogP contribution is -2.34. The number of carbonyl (C=O) groups excluding carboxylic acids is 1. The van der Waals surface area contributed by atoms with E-state index in [4.69, 9.17) is 4.74 Å². The molecule has 0 radical (unpaired) electrons. The average Bonchev–Trinajstić information content (AvgIpc) is 3.53. The van der Waals surface area contributed by atoms with Crippen LogP contribution >= 0.6 is 0 Å². The summed E-state index contributed by atoms with van der Waals surface area (Å²) < 4.78 is 8.37. The highest BCUT2D eigenvalue weighted by atomic mass is 16.5. The molecule has 2 amide bonds. The van der Waals surface area contributed by atoms with Gasteiger partial charge in [0.25, 0.3) is 0 Å². The number of aromatic nitrogens is 3. The quantitative estimate of drug-likeness (QED) is 0.646. The van der Waals surface area contributed by atoms with Crippen LogP contribution < -0.4 is 21.1 Å². The standard InChI is InChI=1S/C21H23N5O3/c1-29-18-11-7-15(8-12-18)19-24-25(21(28)26(19)17-9-10-17)14-13-22-20(27)23-16-5-3-2-4-6-16/h2-8,11-12,17H,9-10,13-14H2,1H3,(H2,22,23,27). The highest BCUT2D eigenvalue weighted by molar-refractivity contribution is 5.89. The molecule has 1 heterocycles. The normalized spacial score (nSPS) is 13.1. The van der Waals surface area contributed by atoms with Crippen molar-refractivity contribution in [3.05, 3.63) is 65.1 Å². The van der Waals surface area contributed by atoms with Crippen LogP contribution in [-0.4, -0.2) is 34.0 Å². The molecule has 0 saturated heterocycles. The fraction of sp³-hybridized carbons (Fsp3) is 0.286. The number of anilines is 1. The summed E-state index contributed by atoms with van der Waals surface area (Å²) >= 11 is 0. The van der Waals surface area contributed by atoms with Crippen LogP contribution in [0.25, 0.3) is 11.4 Å². The van der Waals surface area contributed by atoms with Gasteiger partial charge in [0, 0.05) is 23.8 Å². The van der Waals surface area contributed by atoms with Crippen molar-refractivity contribution in [2.24, 2.45) is 0 Å². The van der Waals surface area contributed by atoms with Crippen LogP contribution in [-0.2, 0) is 6.54 Å². The summed E-state index contributed by atoms with van der Waals surface area (Å²) in [5.74, 6) is 1.40. The molecule has 8 heteroatoms. The number of nitrogens with one attached hydrogen (secondary N) is 2. The van der Waals surface area contributed by atoms with Crippen molar-refractivity contribution in [3.63, 3.8) is 0 Å². The smallest absolute Gasteiger partial charge is 0.346 e. The van der Waals surface area contributed by atoms with E-state index in [9.17, 15) is 9.59 Å². The van der Waals surface area contributed by atoms with Gasteiger partial charge in [0.1, 0.15) is 5.75 Å². The zero-order valence-corrected chi connectivity index (χ0v) is 16.2. The number of ether oxygens (including phenoxy) is 1. The van der Waals surface area contributed by atoms with Gasteiger partial charge in [-0.3, -0.25) is 4.57 Å². The minimum Gasteiger partial charge on any atom is -0.497 e. The molecule has 29 heavy (non-hydrogen) atoms. The number of methoxy groups -OCH3 is 1. The van der Waals surface area contributed by atoms with Crippen molar-refractivity contribution >= 4 is 11.7 Å². The minimum absolute atomic E-state index is 0.149. The number of benzene rings is 2. The van der Waals surface area contributed by atoms with E-state index in [2.05, 4.69) is 15.7 Å². The maximum absolute atomic E-state index is 12.8. The monoisotopic (exact) mass is 393 g/mol. The Kier molecular flexibility index (Phi) is 5.33. The molecule has 2 N–H and O–H groups in total. The Morgan fingerprint density at radius 1 is 1.14 bits per heavy atom.